The van der Waals surface area contributed by atoms with Gasteiger partial charge in [-0.1, -0.05) is 41.6 Å². The zero-order chi connectivity index (χ0) is 18.5. The molecule has 1 atom stereocenters. The molecule has 1 unspecified atom stereocenters. The topological polar surface area (TPSA) is 78.9 Å². The summed E-state index contributed by atoms with van der Waals surface area (Å²) in [6.45, 7) is 2.36. The second-order valence-corrected chi connectivity index (χ2v) is 7.52. The number of carbonyl (C=O) groups is 1. The third-order valence-corrected chi connectivity index (χ3v) is 5.49. The average Bonchev–Trinajstić information content (AvgIpc) is 3.09. The first kappa shape index (κ1) is 18.5. The first-order valence-electron chi connectivity index (χ1n) is 8.22. The predicted molar refractivity (Wildman–Crippen MR) is 106 cm³/mol. The highest BCUT2D eigenvalue weighted by atomic mass is 35.5. The highest BCUT2D eigenvalue weighted by molar-refractivity contribution is 8.03. The van der Waals surface area contributed by atoms with Crippen molar-refractivity contribution < 1.29 is 4.79 Å². The fraction of sp³-hybridized carbons (Fsp3) is 0.278. The van der Waals surface area contributed by atoms with E-state index in [1.165, 1.54) is 0 Å². The zero-order valence-electron chi connectivity index (χ0n) is 14.5. The quantitative estimate of drug-likeness (QED) is 0.720. The van der Waals surface area contributed by atoms with Crippen LogP contribution in [0.1, 0.15) is 28.5 Å². The second-order valence-electron chi connectivity index (χ2n) is 5.87. The number of aryl methyl sites for hydroxylation is 1. The number of halogens is 1. The lowest BCUT2D eigenvalue weighted by Gasteiger charge is -2.12. The molecule has 0 radical (unpaired) electrons. The minimum Gasteiger partial charge on any atom is -0.357 e. The Bertz CT molecular complexity index is 842. The Balaban J connectivity index is 1.51. The van der Waals surface area contributed by atoms with Crippen molar-refractivity contribution in [3.05, 3.63) is 63.4 Å². The van der Waals surface area contributed by atoms with E-state index >= 15 is 0 Å². The van der Waals surface area contributed by atoms with Gasteiger partial charge in [-0.2, -0.15) is 0 Å². The summed E-state index contributed by atoms with van der Waals surface area (Å²) in [5.41, 5.74) is 2.92. The van der Waals surface area contributed by atoms with Crippen LogP contribution in [0.5, 0.6) is 0 Å². The molecule has 0 fully saturated rings. The van der Waals surface area contributed by atoms with E-state index in [2.05, 4.69) is 25.9 Å². The average molecular weight is 390 g/mol. The van der Waals surface area contributed by atoms with Crippen LogP contribution in [0.25, 0.3) is 0 Å². The van der Waals surface area contributed by atoms with E-state index in [9.17, 15) is 4.79 Å². The highest BCUT2D eigenvalue weighted by Gasteiger charge is 2.22. The number of anilines is 1. The molecule has 6 nitrogen and oxygen atoms in total. The molecule has 3 N–H and O–H groups in total. The van der Waals surface area contributed by atoms with Crippen molar-refractivity contribution in [2.75, 3.05) is 12.4 Å². The lowest BCUT2D eigenvalue weighted by Crippen LogP contribution is -2.33. The smallest absolute Gasteiger partial charge is 0.319 e. The molecule has 0 aliphatic carbocycles. The van der Waals surface area contributed by atoms with E-state index in [0.717, 1.165) is 28.3 Å². The molecule has 0 saturated carbocycles. The maximum absolute atomic E-state index is 12.1. The van der Waals surface area contributed by atoms with E-state index in [1.807, 2.05) is 37.3 Å². The van der Waals surface area contributed by atoms with Crippen LogP contribution < -0.4 is 16.0 Å². The molecule has 2 aromatic rings. The number of benzene rings is 1. The van der Waals surface area contributed by atoms with Gasteiger partial charge in [0.05, 0.1) is 16.0 Å². The van der Waals surface area contributed by atoms with Gasteiger partial charge in [0, 0.05) is 24.8 Å². The summed E-state index contributed by atoms with van der Waals surface area (Å²) in [6, 6.07) is 7.43. The Morgan fingerprint density at radius 2 is 2.23 bits per heavy atom. The van der Waals surface area contributed by atoms with Gasteiger partial charge in [0.2, 0.25) is 5.95 Å². The van der Waals surface area contributed by atoms with Crippen LogP contribution in [0.2, 0.25) is 5.02 Å². The third kappa shape index (κ3) is 4.68. The molecule has 2 heterocycles. The summed E-state index contributed by atoms with van der Waals surface area (Å²) in [4.78, 5) is 20.7. The van der Waals surface area contributed by atoms with Gasteiger partial charge in [-0.05, 0) is 36.6 Å². The fourth-order valence-electron chi connectivity index (χ4n) is 2.52. The number of allylic oxidation sites excluding steroid dienone is 1. The number of nitrogens with zero attached hydrogens (tertiary/aromatic N) is 2. The van der Waals surface area contributed by atoms with Crippen LogP contribution in [-0.4, -0.2) is 23.0 Å². The molecule has 0 spiro atoms. The van der Waals surface area contributed by atoms with Gasteiger partial charge in [-0.3, -0.25) is 0 Å². The van der Waals surface area contributed by atoms with Crippen LogP contribution in [0.15, 0.2) is 41.6 Å². The molecule has 136 valence electrons. The monoisotopic (exact) mass is 389 g/mol. The van der Waals surface area contributed by atoms with Crippen molar-refractivity contribution in [1.82, 2.24) is 20.6 Å². The summed E-state index contributed by atoms with van der Waals surface area (Å²) >= 11 is 7.77. The SMILES string of the molecule is CNc1nccc(C2CC=C(NC(=O)NCc3ccc(C)cc3Cl)S2)n1. The summed E-state index contributed by atoms with van der Waals surface area (Å²) in [5.74, 6) is 0.595. The van der Waals surface area contributed by atoms with E-state index in [1.54, 1.807) is 25.0 Å². The van der Waals surface area contributed by atoms with Crippen LogP contribution in [0.3, 0.4) is 0 Å². The number of hydrogen-bond acceptors (Lipinski definition) is 5. The Labute approximate surface area is 161 Å². The van der Waals surface area contributed by atoms with Crippen LogP contribution >= 0.6 is 23.4 Å². The number of thioether (sulfide) groups is 1. The van der Waals surface area contributed by atoms with Gasteiger partial charge in [0.15, 0.2) is 0 Å². The molecule has 2 amide bonds. The van der Waals surface area contributed by atoms with Crippen LogP contribution in [0, 0.1) is 6.92 Å². The highest BCUT2D eigenvalue weighted by Crippen LogP contribution is 2.41. The van der Waals surface area contributed by atoms with Gasteiger partial charge < -0.3 is 16.0 Å². The number of amides is 2. The van der Waals surface area contributed by atoms with Crippen LogP contribution in [-0.2, 0) is 6.54 Å². The molecule has 1 aromatic heterocycles. The number of rotatable bonds is 5. The minimum atomic E-state index is -0.250. The van der Waals surface area contributed by atoms with Crippen molar-refractivity contribution in [2.45, 2.75) is 25.1 Å². The number of carbonyl (C=O) groups excluding carboxylic acids is 1. The molecule has 0 bridgehead atoms. The van der Waals surface area contributed by atoms with Gasteiger partial charge in [0.1, 0.15) is 0 Å². The first-order chi connectivity index (χ1) is 12.5. The molecular weight excluding hydrogens is 370 g/mol. The molecule has 8 heteroatoms. The van der Waals surface area contributed by atoms with Crippen LogP contribution in [0.4, 0.5) is 10.7 Å². The lowest BCUT2D eigenvalue weighted by atomic mass is 10.1. The zero-order valence-corrected chi connectivity index (χ0v) is 16.1. The Kier molecular flexibility index (Phi) is 6.00. The largest absolute Gasteiger partial charge is 0.357 e. The first-order valence-corrected chi connectivity index (χ1v) is 9.48. The number of urea groups is 1. The predicted octanol–water partition coefficient (Wildman–Crippen LogP) is 4.00. The summed E-state index contributed by atoms with van der Waals surface area (Å²) in [7, 11) is 1.79. The Morgan fingerprint density at radius 1 is 1.38 bits per heavy atom. The Morgan fingerprint density at radius 3 is 3.00 bits per heavy atom. The van der Waals surface area contributed by atoms with Crippen molar-refractivity contribution in [3.8, 4) is 0 Å². The van der Waals surface area contributed by atoms with Gasteiger partial charge in [-0.15, -0.1) is 0 Å². The maximum Gasteiger partial charge on any atom is 0.319 e. The standard InChI is InChI=1S/C18H20ClN5OS/c1-11-3-4-12(13(19)9-11)10-22-18(25)24-16-6-5-15(26-16)14-7-8-21-17(20-2)23-14/h3-4,6-9,15H,5,10H2,1-2H3,(H,20,21,23)(H2,22,24,25). The molecule has 1 aliphatic rings. The molecule has 26 heavy (non-hydrogen) atoms. The molecular formula is C18H20ClN5OS. The van der Waals surface area contributed by atoms with E-state index in [-0.39, 0.29) is 11.3 Å². The molecule has 1 aliphatic heterocycles. The van der Waals surface area contributed by atoms with E-state index in [0.29, 0.717) is 17.5 Å². The minimum absolute atomic E-state index is 0.173. The number of aromatic nitrogens is 2. The Hall–Kier alpha value is -2.25. The van der Waals surface area contributed by atoms with E-state index in [4.69, 9.17) is 11.6 Å². The third-order valence-electron chi connectivity index (χ3n) is 3.90. The van der Waals surface area contributed by atoms with Gasteiger partial charge in [0.25, 0.3) is 0 Å². The number of hydrogen-bond donors (Lipinski definition) is 3. The fourth-order valence-corrected chi connectivity index (χ4v) is 3.92. The van der Waals surface area contributed by atoms with Gasteiger partial charge in [-0.25, -0.2) is 14.8 Å². The summed E-state index contributed by atoms with van der Waals surface area (Å²) in [6.07, 6.45) is 4.55. The van der Waals surface area contributed by atoms with Crippen molar-refractivity contribution in [3.63, 3.8) is 0 Å². The lowest BCUT2D eigenvalue weighted by molar-refractivity contribution is 0.243. The number of nitrogens with one attached hydrogen (secondary N) is 3. The summed E-state index contributed by atoms with van der Waals surface area (Å²) < 4.78 is 0. The molecule has 3 rings (SSSR count). The van der Waals surface area contributed by atoms with Gasteiger partial charge >= 0.3 is 6.03 Å². The summed E-state index contributed by atoms with van der Waals surface area (Å²) in [5, 5.41) is 10.3. The second kappa shape index (κ2) is 8.42. The normalized spacial score (nSPS) is 16.1. The van der Waals surface area contributed by atoms with E-state index < -0.39 is 0 Å². The van der Waals surface area contributed by atoms with Crippen molar-refractivity contribution in [2.24, 2.45) is 0 Å². The molecule has 0 saturated heterocycles. The molecule has 1 aromatic carbocycles. The maximum atomic E-state index is 12.1. The van der Waals surface area contributed by atoms with Crippen molar-refractivity contribution >= 4 is 35.3 Å². The van der Waals surface area contributed by atoms with Crippen molar-refractivity contribution in [1.29, 1.82) is 0 Å².